The lowest BCUT2D eigenvalue weighted by Gasteiger charge is -2.34. The number of nitrogens with zero attached hydrogens (tertiary/aromatic N) is 1. The van der Waals surface area contributed by atoms with Crippen molar-refractivity contribution in [3.8, 4) is 0 Å². The molecule has 0 spiro atoms. The van der Waals surface area contributed by atoms with Crippen molar-refractivity contribution in [3.63, 3.8) is 0 Å². The van der Waals surface area contributed by atoms with Crippen molar-refractivity contribution in [1.29, 1.82) is 0 Å². The molecule has 1 aliphatic carbocycles. The molecular weight excluding hydrogens is 242 g/mol. The summed E-state index contributed by atoms with van der Waals surface area (Å²) in [5.41, 5.74) is 7.12. The lowest BCUT2D eigenvalue weighted by molar-refractivity contribution is -0.122. The average molecular weight is 259 g/mol. The standard InChI is InChI=1S/C14H17N3O2/c15-8-9-3-1-4-10(7-9)17-13(18)11-5-2-6-12(11)16-14(17)19/h1,3-4,7,11-12H,2,5-6,8,15H2,(H,16,19). The molecule has 0 radical (unpaired) electrons. The van der Waals surface area contributed by atoms with E-state index in [-0.39, 0.29) is 23.9 Å². The topological polar surface area (TPSA) is 75.4 Å². The molecule has 2 fully saturated rings. The van der Waals surface area contributed by atoms with Gasteiger partial charge >= 0.3 is 6.03 Å². The Balaban J connectivity index is 1.94. The van der Waals surface area contributed by atoms with Crippen LogP contribution in [0, 0.1) is 5.92 Å². The highest BCUT2D eigenvalue weighted by atomic mass is 16.2. The second-order valence-corrected chi connectivity index (χ2v) is 5.14. The largest absolute Gasteiger partial charge is 0.334 e. The van der Waals surface area contributed by atoms with Gasteiger partial charge in [0.05, 0.1) is 11.6 Å². The van der Waals surface area contributed by atoms with Crippen LogP contribution in [0.4, 0.5) is 10.5 Å². The Bertz CT molecular complexity index is 529. The van der Waals surface area contributed by atoms with Gasteiger partial charge in [0.25, 0.3) is 0 Å². The number of hydrogen-bond donors (Lipinski definition) is 2. The first-order chi connectivity index (χ1) is 9.20. The summed E-state index contributed by atoms with van der Waals surface area (Å²) in [5.74, 6) is -0.153. The summed E-state index contributed by atoms with van der Waals surface area (Å²) in [7, 11) is 0. The van der Waals surface area contributed by atoms with E-state index in [0.29, 0.717) is 12.2 Å². The summed E-state index contributed by atoms with van der Waals surface area (Å²) < 4.78 is 0. The van der Waals surface area contributed by atoms with Gasteiger partial charge < -0.3 is 11.1 Å². The van der Waals surface area contributed by atoms with Crippen molar-refractivity contribution in [3.05, 3.63) is 29.8 Å². The molecular formula is C14H17N3O2. The Morgan fingerprint density at radius 2 is 2.16 bits per heavy atom. The maximum Gasteiger partial charge on any atom is 0.328 e. The SMILES string of the molecule is NCc1cccc(N2C(=O)NC3CCCC3C2=O)c1. The number of nitrogens with one attached hydrogen (secondary N) is 1. The normalized spacial score (nSPS) is 26.3. The van der Waals surface area contributed by atoms with E-state index >= 15 is 0 Å². The minimum atomic E-state index is -0.317. The number of rotatable bonds is 2. The number of carbonyl (C=O) groups excluding carboxylic acids is 2. The van der Waals surface area contributed by atoms with Crippen molar-refractivity contribution >= 4 is 17.6 Å². The first kappa shape index (κ1) is 12.2. The molecule has 1 aliphatic heterocycles. The van der Waals surface area contributed by atoms with E-state index in [1.807, 2.05) is 12.1 Å². The number of hydrogen-bond acceptors (Lipinski definition) is 3. The Labute approximate surface area is 111 Å². The summed E-state index contributed by atoms with van der Waals surface area (Å²) in [4.78, 5) is 25.8. The molecule has 1 saturated carbocycles. The lowest BCUT2D eigenvalue weighted by Crippen LogP contribution is -2.58. The van der Waals surface area contributed by atoms with E-state index < -0.39 is 0 Å². The Morgan fingerprint density at radius 3 is 2.95 bits per heavy atom. The van der Waals surface area contributed by atoms with Gasteiger partial charge in [-0.2, -0.15) is 0 Å². The monoisotopic (exact) mass is 259 g/mol. The minimum Gasteiger partial charge on any atom is -0.334 e. The molecule has 1 heterocycles. The summed E-state index contributed by atoms with van der Waals surface area (Å²) in [6.45, 7) is 0.392. The first-order valence-corrected chi connectivity index (χ1v) is 6.64. The maximum absolute atomic E-state index is 12.5. The highest BCUT2D eigenvalue weighted by Gasteiger charge is 2.43. The number of anilines is 1. The van der Waals surface area contributed by atoms with Gasteiger partial charge in [-0.25, -0.2) is 9.69 Å². The Hall–Kier alpha value is -1.88. The number of imide groups is 1. The van der Waals surface area contributed by atoms with Crippen LogP contribution in [0.25, 0.3) is 0 Å². The summed E-state index contributed by atoms with van der Waals surface area (Å²) in [5, 5.41) is 2.93. The molecule has 0 aromatic heterocycles. The van der Waals surface area contributed by atoms with E-state index in [4.69, 9.17) is 5.73 Å². The third-order valence-corrected chi connectivity index (χ3v) is 3.97. The van der Waals surface area contributed by atoms with Crippen molar-refractivity contribution in [2.75, 3.05) is 4.90 Å². The van der Waals surface area contributed by atoms with Gasteiger partial charge in [-0.05, 0) is 30.5 Å². The molecule has 5 heteroatoms. The molecule has 100 valence electrons. The molecule has 1 saturated heterocycles. The van der Waals surface area contributed by atoms with Crippen LogP contribution in [-0.2, 0) is 11.3 Å². The zero-order valence-corrected chi connectivity index (χ0v) is 10.6. The third kappa shape index (κ3) is 2.00. The fourth-order valence-electron chi connectivity index (χ4n) is 2.98. The van der Waals surface area contributed by atoms with Crippen molar-refractivity contribution < 1.29 is 9.59 Å². The second kappa shape index (κ2) is 4.66. The van der Waals surface area contributed by atoms with Crippen LogP contribution >= 0.6 is 0 Å². The van der Waals surface area contributed by atoms with Gasteiger partial charge in [-0.15, -0.1) is 0 Å². The van der Waals surface area contributed by atoms with Gasteiger partial charge in [0.15, 0.2) is 0 Å². The van der Waals surface area contributed by atoms with Crippen LogP contribution in [0.15, 0.2) is 24.3 Å². The molecule has 2 unspecified atom stereocenters. The molecule has 5 nitrogen and oxygen atoms in total. The number of carbonyl (C=O) groups is 2. The number of fused-ring (bicyclic) bond motifs is 1. The molecule has 3 N–H and O–H groups in total. The predicted octanol–water partition coefficient (Wildman–Crippen LogP) is 1.37. The van der Waals surface area contributed by atoms with Gasteiger partial charge in [0.2, 0.25) is 5.91 Å². The van der Waals surface area contributed by atoms with E-state index in [0.717, 1.165) is 24.8 Å². The van der Waals surface area contributed by atoms with Crippen molar-refractivity contribution in [2.45, 2.75) is 31.8 Å². The van der Waals surface area contributed by atoms with E-state index in [2.05, 4.69) is 5.32 Å². The molecule has 3 amide bonds. The molecule has 2 aliphatic rings. The van der Waals surface area contributed by atoms with Crippen molar-refractivity contribution in [1.82, 2.24) is 5.32 Å². The average Bonchev–Trinajstić information content (AvgIpc) is 2.87. The maximum atomic E-state index is 12.5. The van der Waals surface area contributed by atoms with Gasteiger partial charge in [0, 0.05) is 12.6 Å². The van der Waals surface area contributed by atoms with Gasteiger partial charge in [-0.3, -0.25) is 4.79 Å². The fraction of sp³-hybridized carbons (Fsp3) is 0.429. The summed E-state index contributed by atoms with van der Waals surface area (Å²) >= 11 is 0. The van der Waals surface area contributed by atoms with Crippen LogP contribution in [0.1, 0.15) is 24.8 Å². The second-order valence-electron chi connectivity index (χ2n) is 5.14. The van der Waals surface area contributed by atoms with Crippen LogP contribution in [0.2, 0.25) is 0 Å². The van der Waals surface area contributed by atoms with Crippen molar-refractivity contribution in [2.24, 2.45) is 11.7 Å². The zero-order valence-electron chi connectivity index (χ0n) is 10.6. The lowest BCUT2D eigenvalue weighted by atomic mass is 9.99. The molecule has 3 rings (SSSR count). The molecule has 1 aromatic rings. The molecule has 19 heavy (non-hydrogen) atoms. The highest BCUT2D eigenvalue weighted by Crippen LogP contribution is 2.32. The van der Waals surface area contributed by atoms with Gasteiger partial charge in [-0.1, -0.05) is 18.6 Å². The highest BCUT2D eigenvalue weighted by molar-refractivity contribution is 6.17. The van der Waals surface area contributed by atoms with Crippen LogP contribution in [0.5, 0.6) is 0 Å². The van der Waals surface area contributed by atoms with E-state index in [1.165, 1.54) is 4.90 Å². The van der Waals surface area contributed by atoms with E-state index in [1.54, 1.807) is 12.1 Å². The fourth-order valence-corrected chi connectivity index (χ4v) is 2.98. The number of nitrogens with two attached hydrogens (primary N) is 1. The first-order valence-electron chi connectivity index (χ1n) is 6.64. The number of urea groups is 1. The zero-order chi connectivity index (χ0) is 13.4. The number of benzene rings is 1. The smallest absolute Gasteiger partial charge is 0.328 e. The Kier molecular flexibility index (Phi) is 2.98. The molecule has 0 bridgehead atoms. The van der Waals surface area contributed by atoms with Crippen LogP contribution in [-0.4, -0.2) is 18.0 Å². The third-order valence-electron chi connectivity index (χ3n) is 3.97. The summed E-state index contributed by atoms with van der Waals surface area (Å²) in [6.07, 6.45) is 2.76. The van der Waals surface area contributed by atoms with Crippen LogP contribution in [0.3, 0.4) is 0 Å². The van der Waals surface area contributed by atoms with Crippen LogP contribution < -0.4 is 16.0 Å². The minimum absolute atomic E-state index is 0.0222. The number of amides is 3. The molecule has 1 aromatic carbocycles. The quantitative estimate of drug-likeness (QED) is 0.842. The molecule has 2 atom stereocenters. The summed E-state index contributed by atoms with van der Waals surface area (Å²) in [6, 6.07) is 6.97. The predicted molar refractivity (Wildman–Crippen MR) is 71.5 cm³/mol. The van der Waals surface area contributed by atoms with Gasteiger partial charge in [0.1, 0.15) is 0 Å². The Morgan fingerprint density at radius 1 is 1.32 bits per heavy atom. The van der Waals surface area contributed by atoms with E-state index in [9.17, 15) is 9.59 Å².